The fourth-order valence-electron chi connectivity index (χ4n) is 1.84. The lowest BCUT2D eigenvalue weighted by molar-refractivity contribution is -0.389. The zero-order chi connectivity index (χ0) is 17.6. The summed E-state index contributed by atoms with van der Waals surface area (Å²) in [5.74, 6) is 0.636. The number of amides is 1. The molecule has 0 bridgehead atoms. The van der Waals surface area contributed by atoms with Crippen molar-refractivity contribution >= 4 is 34.9 Å². The maximum Gasteiger partial charge on any atom is 0.390 e. The van der Waals surface area contributed by atoms with E-state index in [1.165, 1.54) is 28.7 Å². The van der Waals surface area contributed by atoms with Crippen molar-refractivity contribution in [1.29, 1.82) is 0 Å². The van der Waals surface area contributed by atoms with Crippen molar-refractivity contribution in [3.63, 3.8) is 0 Å². The molecular weight excluding hydrogens is 348 g/mol. The number of hydrogen-bond acceptors (Lipinski definition) is 8. The Labute approximate surface area is 145 Å². The van der Waals surface area contributed by atoms with Gasteiger partial charge in [-0.25, -0.2) is 0 Å². The second-order valence-corrected chi connectivity index (χ2v) is 5.76. The van der Waals surface area contributed by atoms with Gasteiger partial charge in [-0.2, -0.15) is 5.10 Å². The smallest absolute Gasteiger partial charge is 0.390 e. The predicted molar refractivity (Wildman–Crippen MR) is 91.6 cm³/mol. The molecule has 0 saturated carbocycles. The number of aromatic nitrogens is 2. The van der Waals surface area contributed by atoms with E-state index in [1.807, 2.05) is 0 Å². The largest absolute Gasteiger partial charge is 0.469 e. The number of nitrogens with zero attached hydrogens (tertiary/aromatic N) is 5. The number of nitro groups is 1. The van der Waals surface area contributed by atoms with Crippen LogP contribution >= 0.6 is 11.8 Å². The molecule has 10 nitrogen and oxygen atoms in total. The molecule has 3 rings (SSSR count). The van der Waals surface area contributed by atoms with Gasteiger partial charge in [0.25, 0.3) is 0 Å². The number of rotatable bonds is 6. The quantitative estimate of drug-likeness (QED) is 0.471. The molecule has 1 saturated heterocycles. The minimum atomic E-state index is -0.566. The van der Waals surface area contributed by atoms with Crippen LogP contribution < -0.4 is 10.1 Å². The van der Waals surface area contributed by atoms with Crippen LogP contribution in [0.15, 0.2) is 46.7 Å². The van der Waals surface area contributed by atoms with Crippen LogP contribution in [0.25, 0.3) is 0 Å². The second-order valence-electron chi connectivity index (χ2n) is 4.80. The van der Waals surface area contributed by atoms with E-state index in [2.05, 4.69) is 20.6 Å². The summed E-state index contributed by atoms with van der Waals surface area (Å²) >= 11 is 1.30. The van der Waals surface area contributed by atoms with Crippen LogP contribution in [0.5, 0.6) is 5.75 Å². The Morgan fingerprint density at radius 2 is 2.20 bits per heavy atom. The molecule has 0 aliphatic carbocycles. The predicted octanol–water partition coefficient (Wildman–Crippen LogP) is 1.38. The van der Waals surface area contributed by atoms with Gasteiger partial charge in [0.05, 0.1) is 29.3 Å². The number of carbonyl (C=O) groups is 1. The van der Waals surface area contributed by atoms with Crippen molar-refractivity contribution in [3.8, 4) is 5.75 Å². The molecule has 1 amide bonds. The fraction of sp³-hybridized carbons (Fsp3) is 0.143. The summed E-state index contributed by atoms with van der Waals surface area (Å²) in [4.78, 5) is 21.0. The van der Waals surface area contributed by atoms with Crippen molar-refractivity contribution in [3.05, 3.63) is 52.2 Å². The van der Waals surface area contributed by atoms with Crippen LogP contribution in [-0.4, -0.2) is 37.7 Å². The molecule has 1 aliphatic rings. The maximum atomic E-state index is 11.0. The van der Waals surface area contributed by atoms with Gasteiger partial charge in [0.2, 0.25) is 12.6 Å². The van der Waals surface area contributed by atoms with E-state index >= 15 is 0 Å². The summed E-state index contributed by atoms with van der Waals surface area (Å²) in [5.41, 5.74) is 0.806. The monoisotopic (exact) mass is 360 g/mol. The Morgan fingerprint density at radius 3 is 2.84 bits per heavy atom. The summed E-state index contributed by atoms with van der Waals surface area (Å²) in [6, 6.07) is 8.34. The molecule has 1 fully saturated rings. The second kappa shape index (κ2) is 7.57. The summed E-state index contributed by atoms with van der Waals surface area (Å²) in [7, 11) is 0. The summed E-state index contributed by atoms with van der Waals surface area (Å²) < 4.78 is 6.82. The fourth-order valence-corrected chi connectivity index (χ4v) is 2.47. The number of carbonyl (C=O) groups excluding carboxylic acids is 1. The van der Waals surface area contributed by atoms with Crippen LogP contribution in [0.1, 0.15) is 5.56 Å². The molecule has 25 heavy (non-hydrogen) atoms. The van der Waals surface area contributed by atoms with Crippen LogP contribution in [-0.2, 0) is 11.5 Å². The van der Waals surface area contributed by atoms with E-state index in [0.29, 0.717) is 16.7 Å². The Kier molecular flexibility index (Phi) is 5.04. The zero-order valence-corrected chi connectivity index (χ0v) is 13.5. The van der Waals surface area contributed by atoms with Crippen molar-refractivity contribution in [2.75, 3.05) is 5.75 Å². The summed E-state index contributed by atoms with van der Waals surface area (Å²) in [6.07, 6.45) is 3.02. The summed E-state index contributed by atoms with van der Waals surface area (Å²) in [6.45, 7) is 0.0614. The van der Waals surface area contributed by atoms with Gasteiger partial charge < -0.3 is 20.2 Å². The van der Waals surface area contributed by atoms with Gasteiger partial charge in [-0.15, -0.1) is 9.78 Å². The third-order valence-corrected chi connectivity index (χ3v) is 3.86. The van der Waals surface area contributed by atoms with Gasteiger partial charge in [0.15, 0.2) is 5.17 Å². The molecule has 1 N–H and O–H groups in total. The number of hydrogen-bond donors (Lipinski definition) is 1. The van der Waals surface area contributed by atoms with Gasteiger partial charge in [-0.05, 0) is 34.8 Å². The van der Waals surface area contributed by atoms with Crippen LogP contribution in [0.4, 0.5) is 5.82 Å². The third kappa shape index (κ3) is 4.64. The lowest BCUT2D eigenvalue weighted by Crippen LogP contribution is -2.19. The highest BCUT2D eigenvalue weighted by molar-refractivity contribution is 8.15. The first-order valence-corrected chi connectivity index (χ1v) is 8.03. The summed E-state index contributed by atoms with van der Waals surface area (Å²) in [5, 5.41) is 25.2. The van der Waals surface area contributed by atoms with E-state index in [0.717, 1.165) is 5.56 Å². The molecule has 0 spiro atoms. The maximum absolute atomic E-state index is 11.0. The lowest BCUT2D eigenvalue weighted by Gasteiger charge is -2.03. The van der Waals surface area contributed by atoms with Gasteiger partial charge >= 0.3 is 5.82 Å². The first-order valence-electron chi connectivity index (χ1n) is 7.04. The van der Waals surface area contributed by atoms with Gasteiger partial charge in [0, 0.05) is 0 Å². The first-order chi connectivity index (χ1) is 12.1. The molecule has 2 aromatic rings. The molecule has 1 aromatic heterocycles. The standard InChI is InChI=1S/C14H12N6O4S/c21-13-8-25-14(16-13)17-15-7-10-1-3-11(4-2-10)24-9-19-6-5-12(18-19)20(22)23/h1-7H,8-9H2,(H,16,17,21). The molecule has 128 valence electrons. The van der Waals surface area contributed by atoms with Gasteiger partial charge in [-0.1, -0.05) is 11.8 Å². The number of thioether (sulfide) groups is 1. The number of benzene rings is 1. The molecule has 2 heterocycles. The normalized spacial score (nSPS) is 15.7. The number of nitrogens with one attached hydrogen (secondary N) is 1. The SMILES string of the molecule is O=C1CSC(=NN=Cc2ccc(OCn3ccc([N+](=O)[O-])n3)cc2)N1. The van der Waals surface area contributed by atoms with Crippen LogP contribution in [0.2, 0.25) is 0 Å². The molecule has 0 atom stereocenters. The number of ether oxygens (including phenoxy) is 1. The number of amidine groups is 1. The van der Waals surface area contributed by atoms with Crippen LogP contribution in [0, 0.1) is 10.1 Å². The van der Waals surface area contributed by atoms with Crippen LogP contribution in [0.3, 0.4) is 0 Å². The highest BCUT2D eigenvalue weighted by Gasteiger charge is 2.15. The Balaban J connectivity index is 1.53. The van der Waals surface area contributed by atoms with Crippen molar-refractivity contribution in [2.24, 2.45) is 10.2 Å². The highest BCUT2D eigenvalue weighted by atomic mass is 32.2. The van der Waals surface area contributed by atoms with E-state index in [9.17, 15) is 14.9 Å². The van der Waals surface area contributed by atoms with Gasteiger partial charge in [0.1, 0.15) is 5.75 Å². The minimum absolute atomic E-state index is 0.0614. The van der Waals surface area contributed by atoms with E-state index in [-0.39, 0.29) is 18.5 Å². The average molecular weight is 360 g/mol. The Hall–Kier alpha value is -3.21. The van der Waals surface area contributed by atoms with E-state index in [1.54, 1.807) is 30.5 Å². The van der Waals surface area contributed by atoms with E-state index in [4.69, 9.17) is 4.74 Å². The first kappa shape index (κ1) is 16.6. The van der Waals surface area contributed by atoms with Crippen molar-refractivity contribution < 1.29 is 14.5 Å². The molecule has 0 radical (unpaired) electrons. The highest BCUT2D eigenvalue weighted by Crippen LogP contribution is 2.13. The van der Waals surface area contributed by atoms with Gasteiger partial charge in [-0.3, -0.25) is 4.79 Å². The molecule has 11 heteroatoms. The topological polar surface area (TPSA) is 124 Å². The zero-order valence-electron chi connectivity index (χ0n) is 12.7. The third-order valence-electron chi connectivity index (χ3n) is 3.00. The Morgan fingerprint density at radius 1 is 1.40 bits per heavy atom. The Bertz CT molecular complexity index is 845. The van der Waals surface area contributed by atoms with Crippen molar-refractivity contribution in [1.82, 2.24) is 15.1 Å². The molecule has 1 aromatic carbocycles. The average Bonchev–Trinajstić information content (AvgIpc) is 3.23. The van der Waals surface area contributed by atoms with Crippen molar-refractivity contribution in [2.45, 2.75) is 6.73 Å². The molecular formula is C14H12N6O4S. The minimum Gasteiger partial charge on any atom is -0.469 e. The molecule has 0 unspecified atom stereocenters. The molecule has 1 aliphatic heterocycles. The lowest BCUT2D eigenvalue weighted by atomic mass is 10.2. The van der Waals surface area contributed by atoms with E-state index < -0.39 is 4.92 Å².